The van der Waals surface area contributed by atoms with Gasteiger partial charge in [0.2, 0.25) is 0 Å². The quantitative estimate of drug-likeness (QED) is 0.829. The molecule has 2 saturated heterocycles. The van der Waals surface area contributed by atoms with Gasteiger partial charge >= 0.3 is 0 Å². The van der Waals surface area contributed by atoms with Crippen molar-refractivity contribution in [2.45, 2.75) is 58.5 Å². The molecule has 0 radical (unpaired) electrons. The average Bonchev–Trinajstić information content (AvgIpc) is 2.45. The van der Waals surface area contributed by atoms with Crippen LogP contribution in [-0.4, -0.2) is 49.8 Å². The molecule has 0 aliphatic carbocycles. The standard InChI is InChI=1S/C16H32N2O/c1-4-8-17-15-7-11-19-12-16(15)18-9-5-14(6-10-18)13(2)3/h13-17H,4-12H2,1-3H3. The van der Waals surface area contributed by atoms with Crippen LogP contribution in [0.2, 0.25) is 0 Å². The van der Waals surface area contributed by atoms with Crippen molar-refractivity contribution in [1.82, 2.24) is 10.2 Å². The molecule has 2 aliphatic rings. The molecule has 0 spiro atoms. The van der Waals surface area contributed by atoms with E-state index in [1.165, 1.54) is 38.8 Å². The summed E-state index contributed by atoms with van der Waals surface area (Å²) in [6.07, 6.45) is 5.14. The van der Waals surface area contributed by atoms with E-state index in [9.17, 15) is 0 Å². The van der Waals surface area contributed by atoms with Gasteiger partial charge in [0.05, 0.1) is 6.61 Å². The van der Waals surface area contributed by atoms with E-state index < -0.39 is 0 Å². The highest BCUT2D eigenvalue weighted by atomic mass is 16.5. The third kappa shape index (κ3) is 4.17. The maximum atomic E-state index is 5.74. The Morgan fingerprint density at radius 1 is 1.21 bits per heavy atom. The maximum absolute atomic E-state index is 5.74. The summed E-state index contributed by atoms with van der Waals surface area (Å²) in [5.74, 6) is 1.78. The number of piperidine rings is 1. The van der Waals surface area contributed by atoms with E-state index in [4.69, 9.17) is 4.74 Å². The average molecular weight is 268 g/mol. The Balaban J connectivity index is 1.85. The summed E-state index contributed by atoms with van der Waals surface area (Å²) in [6, 6.07) is 1.25. The number of likely N-dealkylation sites (tertiary alicyclic amines) is 1. The second-order valence-corrected chi connectivity index (χ2v) is 6.61. The molecule has 2 heterocycles. The number of nitrogens with one attached hydrogen (secondary N) is 1. The first-order valence-corrected chi connectivity index (χ1v) is 8.27. The number of nitrogens with zero attached hydrogens (tertiary/aromatic N) is 1. The van der Waals surface area contributed by atoms with Crippen LogP contribution < -0.4 is 5.32 Å². The van der Waals surface area contributed by atoms with Gasteiger partial charge in [-0.1, -0.05) is 20.8 Å². The molecule has 0 bridgehead atoms. The van der Waals surface area contributed by atoms with Gasteiger partial charge in [-0.05, 0) is 57.2 Å². The van der Waals surface area contributed by atoms with Gasteiger partial charge in [0.15, 0.2) is 0 Å². The van der Waals surface area contributed by atoms with Crippen molar-refractivity contribution < 1.29 is 4.74 Å². The van der Waals surface area contributed by atoms with Crippen LogP contribution in [0.15, 0.2) is 0 Å². The summed E-state index contributed by atoms with van der Waals surface area (Å²) >= 11 is 0. The van der Waals surface area contributed by atoms with Crippen molar-refractivity contribution in [3.8, 4) is 0 Å². The van der Waals surface area contributed by atoms with Crippen LogP contribution in [0.25, 0.3) is 0 Å². The molecular weight excluding hydrogens is 236 g/mol. The number of rotatable bonds is 5. The number of ether oxygens (including phenoxy) is 1. The van der Waals surface area contributed by atoms with Crippen LogP contribution in [0, 0.1) is 11.8 Å². The van der Waals surface area contributed by atoms with E-state index >= 15 is 0 Å². The van der Waals surface area contributed by atoms with Crippen molar-refractivity contribution in [3.63, 3.8) is 0 Å². The minimum atomic E-state index is 0.605. The molecular formula is C16H32N2O. The molecule has 3 heteroatoms. The van der Waals surface area contributed by atoms with Crippen molar-refractivity contribution in [2.24, 2.45) is 11.8 Å². The summed E-state index contributed by atoms with van der Waals surface area (Å²) in [5.41, 5.74) is 0. The highest BCUT2D eigenvalue weighted by Crippen LogP contribution is 2.27. The van der Waals surface area contributed by atoms with Gasteiger partial charge in [0.1, 0.15) is 0 Å². The van der Waals surface area contributed by atoms with Gasteiger partial charge in [-0.25, -0.2) is 0 Å². The summed E-state index contributed by atoms with van der Waals surface area (Å²) in [7, 11) is 0. The maximum Gasteiger partial charge on any atom is 0.0637 e. The summed E-state index contributed by atoms with van der Waals surface area (Å²) in [4.78, 5) is 2.69. The minimum Gasteiger partial charge on any atom is -0.380 e. The Hall–Kier alpha value is -0.120. The van der Waals surface area contributed by atoms with Crippen molar-refractivity contribution in [2.75, 3.05) is 32.8 Å². The van der Waals surface area contributed by atoms with Crippen LogP contribution in [-0.2, 0) is 4.74 Å². The molecule has 0 amide bonds. The molecule has 112 valence electrons. The Morgan fingerprint density at radius 2 is 1.95 bits per heavy atom. The molecule has 2 rings (SSSR count). The molecule has 19 heavy (non-hydrogen) atoms. The van der Waals surface area contributed by atoms with Crippen LogP contribution >= 0.6 is 0 Å². The highest BCUT2D eigenvalue weighted by molar-refractivity contribution is 4.89. The van der Waals surface area contributed by atoms with Gasteiger partial charge in [0, 0.05) is 18.7 Å². The topological polar surface area (TPSA) is 24.5 Å². The lowest BCUT2D eigenvalue weighted by Gasteiger charge is -2.44. The largest absolute Gasteiger partial charge is 0.380 e. The molecule has 0 aromatic heterocycles. The van der Waals surface area contributed by atoms with E-state index in [1.54, 1.807) is 0 Å². The highest BCUT2D eigenvalue weighted by Gasteiger charge is 2.33. The third-order valence-corrected chi connectivity index (χ3v) is 4.97. The Labute approximate surface area is 119 Å². The van der Waals surface area contributed by atoms with Gasteiger partial charge < -0.3 is 10.1 Å². The van der Waals surface area contributed by atoms with Gasteiger partial charge in [-0.3, -0.25) is 4.90 Å². The first-order valence-electron chi connectivity index (χ1n) is 8.27. The fourth-order valence-corrected chi connectivity index (χ4v) is 3.57. The molecule has 2 fully saturated rings. The zero-order valence-electron chi connectivity index (χ0n) is 13.0. The van der Waals surface area contributed by atoms with E-state index in [0.29, 0.717) is 12.1 Å². The molecule has 2 atom stereocenters. The molecule has 2 unspecified atom stereocenters. The molecule has 1 N–H and O–H groups in total. The van der Waals surface area contributed by atoms with Crippen LogP contribution in [0.4, 0.5) is 0 Å². The second-order valence-electron chi connectivity index (χ2n) is 6.61. The molecule has 0 saturated carbocycles. The Morgan fingerprint density at radius 3 is 2.58 bits per heavy atom. The summed E-state index contributed by atoms with van der Waals surface area (Å²) < 4.78 is 5.74. The first kappa shape index (κ1) is 15.3. The van der Waals surface area contributed by atoms with Crippen LogP contribution in [0.3, 0.4) is 0 Å². The number of hydrogen-bond acceptors (Lipinski definition) is 3. The lowest BCUT2D eigenvalue weighted by atomic mass is 9.85. The molecule has 0 aromatic carbocycles. The zero-order chi connectivity index (χ0) is 13.7. The monoisotopic (exact) mass is 268 g/mol. The van der Waals surface area contributed by atoms with Crippen molar-refractivity contribution >= 4 is 0 Å². The first-order chi connectivity index (χ1) is 9.22. The normalized spacial score (nSPS) is 30.9. The van der Waals surface area contributed by atoms with E-state index in [2.05, 4.69) is 31.0 Å². The van der Waals surface area contributed by atoms with Gasteiger partial charge in [0.25, 0.3) is 0 Å². The fourth-order valence-electron chi connectivity index (χ4n) is 3.57. The van der Waals surface area contributed by atoms with Crippen molar-refractivity contribution in [3.05, 3.63) is 0 Å². The second kappa shape index (κ2) is 7.61. The van der Waals surface area contributed by atoms with Crippen molar-refractivity contribution in [1.29, 1.82) is 0 Å². The molecule has 0 aromatic rings. The van der Waals surface area contributed by atoms with E-state index in [1.807, 2.05) is 0 Å². The fraction of sp³-hybridized carbons (Fsp3) is 1.00. The Kier molecular flexibility index (Phi) is 6.11. The third-order valence-electron chi connectivity index (χ3n) is 4.97. The van der Waals surface area contributed by atoms with Crippen LogP contribution in [0.1, 0.15) is 46.5 Å². The van der Waals surface area contributed by atoms with Gasteiger partial charge in [-0.15, -0.1) is 0 Å². The lowest BCUT2D eigenvalue weighted by molar-refractivity contribution is -0.0172. The molecule has 2 aliphatic heterocycles. The zero-order valence-corrected chi connectivity index (χ0v) is 13.0. The lowest BCUT2D eigenvalue weighted by Crippen LogP contribution is -2.57. The smallest absolute Gasteiger partial charge is 0.0637 e. The van der Waals surface area contributed by atoms with Crippen LogP contribution in [0.5, 0.6) is 0 Å². The predicted octanol–water partition coefficient (Wildman–Crippen LogP) is 2.51. The Bertz CT molecular complexity index is 249. The predicted molar refractivity (Wildman–Crippen MR) is 80.4 cm³/mol. The van der Waals surface area contributed by atoms with E-state index in [0.717, 1.165) is 31.6 Å². The summed E-state index contributed by atoms with van der Waals surface area (Å²) in [5, 5.41) is 3.73. The summed E-state index contributed by atoms with van der Waals surface area (Å²) in [6.45, 7) is 12.5. The number of hydrogen-bond donors (Lipinski definition) is 1. The minimum absolute atomic E-state index is 0.605. The van der Waals surface area contributed by atoms with E-state index in [-0.39, 0.29) is 0 Å². The van der Waals surface area contributed by atoms with Gasteiger partial charge in [-0.2, -0.15) is 0 Å². The SMILES string of the molecule is CCCNC1CCOCC1N1CCC(C(C)C)CC1. The molecule has 3 nitrogen and oxygen atoms in total.